The average molecular weight is 255 g/mol. The molecule has 2 heterocycles. The Labute approximate surface area is 106 Å². The molecule has 2 rings (SSSR count). The van der Waals surface area contributed by atoms with E-state index in [1.807, 2.05) is 16.3 Å². The predicted molar refractivity (Wildman–Crippen MR) is 70.4 cm³/mol. The number of likely N-dealkylation sites (tertiary alicyclic amines) is 1. The van der Waals surface area contributed by atoms with Crippen LogP contribution < -0.4 is 0 Å². The first-order valence-electron chi connectivity index (χ1n) is 5.64. The van der Waals surface area contributed by atoms with Crippen LogP contribution in [0, 0.1) is 11.8 Å². The summed E-state index contributed by atoms with van der Waals surface area (Å²) < 4.78 is 0. The van der Waals surface area contributed by atoms with E-state index >= 15 is 0 Å². The lowest BCUT2D eigenvalue weighted by atomic mass is 9.95. The molecule has 0 saturated carbocycles. The Morgan fingerprint density at radius 2 is 2.38 bits per heavy atom. The third-order valence-electron chi connectivity index (χ3n) is 3.25. The van der Waals surface area contributed by atoms with Crippen LogP contribution in [0.1, 0.15) is 29.9 Å². The quantitative estimate of drug-likeness (QED) is 0.805. The first kappa shape index (κ1) is 12.0. The molecule has 1 aliphatic rings. The number of hydrogen-bond donors (Lipinski definition) is 1. The summed E-state index contributed by atoms with van der Waals surface area (Å²) in [6, 6.07) is 1.86. The Morgan fingerprint density at radius 1 is 1.62 bits per heavy atom. The van der Waals surface area contributed by atoms with Gasteiger partial charge in [0.25, 0.3) is 5.91 Å². The molecule has 2 nitrogen and oxygen atoms in total. The van der Waals surface area contributed by atoms with Crippen LogP contribution in [0.25, 0.3) is 0 Å². The zero-order valence-corrected chi connectivity index (χ0v) is 11.4. The second-order valence-electron chi connectivity index (χ2n) is 4.71. The smallest absolute Gasteiger partial charge is 0.263 e. The number of rotatable bonds is 2. The fourth-order valence-corrected chi connectivity index (χ4v) is 3.23. The van der Waals surface area contributed by atoms with E-state index in [9.17, 15) is 4.79 Å². The number of thiol groups is 1. The highest BCUT2D eigenvalue weighted by molar-refractivity contribution is 7.80. The highest BCUT2D eigenvalue weighted by Gasteiger charge is 2.29. The first-order valence-corrected chi connectivity index (χ1v) is 6.97. The van der Waals surface area contributed by atoms with E-state index in [2.05, 4.69) is 26.5 Å². The number of thiophene rings is 1. The minimum Gasteiger partial charge on any atom is -0.338 e. The highest BCUT2D eigenvalue weighted by Crippen LogP contribution is 2.27. The van der Waals surface area contributed by atoms with E-state index < -0.39 is 0 Å². The molecule has 0 spiro atoms. The summed E-state index contributed by atoms with van der Waals surface area (Å²) in [5.74, 6) is 1.51. The fraction of sp³-hybridized carbons (Fsp3) is 0.583. The molecular weight excluding hydrogens is 238 g/mol. The molecule has 0 radical (unpaired) electrons. The van der Waals surface area contributed by atoms with Gasteiger partial charge in [-0.2, -0.15) is 0 Å². The van der Waals surface area contributed by atoms with Crippen molar-refractivity contribution in [3.05, 3.63) is 16.3 Å². The lowest BCUT2D eigenvalue weighted by Gasteiger charge is -2.17. The predicted octanol–water partition coefficient (Wildman–Crippen LogP) is 3.15. The highest BCUT2D eigenvalue weighted by atomic mass is 32.1. The summed E-state index contributed by atoms with van der Waals surface area (Å²) in [5, 5.41) is 1.91. The Morgan fingerprint density at radius 3 is 2.88 bits per heavy atom. The number of carbonyl (C=O) groups is 1. The molecule has 1 aromatic heterocycles. The van der Waals surface area contributed by atoms with Crippen molar-refractivity contribution in [1.82, 2.24) is 4.90 Å². The molecule has 0 N–H and O–H groups in total. The lowest BCUT2D eigenvalue weighted by Crippen LogP contribution is -2.28. The van der Waals surface area contributed by atoms with E-state index in [0.29, 0.717) is 11.8 Å². The Bertz CT molecular complexity index is 386. The molecule has 1 unspecified atom stereocenters. The number of amides is 1. The zero-order chi connectivity index (χ0) is 11.7. The van der Waals surface area contributed by atoms with Crippen LogP contribution in [0.3, 0.4) is 0 Å². The summed E-state index contributed by atoms with van der Waals surface area (Å²) in [6.45, 7) is 6.28. The fourth-order valence-electron chi connectivity index (χ4n) is 2.11. The van der Waals surface area contributed by atoms with Crippen LogP contribution >= 0.6 is 24.0 Å². The summed E-state index contributed by atoms with van der Waals surface area (Å²) in [7, 11) is 0. The Kier molecular flexibility index (Phi) is 3.60. The molecule has 0 aliphatic carbocycles. The second-order valence-corrected chi connectivity index (χ2v) is 6.14. The van der Waals surface area contributed by atoms with Gasteiger partial charge >= 0.3 is 0 Å². The topological polar surface area (TPSA) is 20.3 Å². The second kappa shape index (κ2) is 4.80. The van der Waals surface area contributed by atoms with E-state index in [1.54, 1.807) is 0 Å². The van der Waals surface area contributed by atoms with Gasteiger partial charge in [-0.25, -0.2) is 0 Å². The molecule has 16 heavy (non-hydrogen) atoms. The van der Waals surface area contributed by atoms with E-state index in [0.717, 1.165) is 29.3 Å². The van der Waals surface area contributed by atoms with Gasteiger partial charge in [-0.15, -0.1) is 24.0 Å². The average Bonchev–Trinajstić information content (AvgIpc) is 2.84. The van der Waals surface area contributed by atoms with Gasteiger partial charge in [0.1, 0.15) is 0 Å². The van der Waals surface area contributed by atoms with Gasteiger partial charge in [0.05, 0.1) is 4.88 Å². The van der Waals surface area contributed by atoms with Gasteiger partial charge in [-0.1, -0.05) is 13.8 Å². The van der Waals surface area contributed by atoms with Crippen molar-refractivity contribution in [1.29, 1.82) is 0 Å². The largest absolute Gasteiger partial charge is 0.338 e. The maximum Gasteiger partial charge on any atom is 0.263 e. The van der Waals surface area contributed by atoms with Crippen LogP contribution in [-0.4, -0.2) is 23.9 Å². The monoisotopic (exact) mass is 255 g/mol. The molecule has 1 saturated heterocycles. The first-order chi connectivity index (χ1) is 7.58. The Hall–Kier alpha value is -0.480. The molecular formula is C12H17NOS2. The maximum absolute atomic E-state index is 12.1. The van der Waals surface area contributed by atoms with E-state index in [4.69, 9.17) is 0 Å². The molecule has 1 aromatic rings. The van der Waals surface area contributed by atoms with Crippen molar-refractivity contribution in [2.75, 3.05) is 13.1 Å². The van der Waals surface area contributed by atoms with Crippen molar-refractivity contribution in [2.24, 2.45) is 11.8 Å². The maximum atomic E-state index is 12.1. The summed E-state index contributed by atoms with van der Waals surface area (Å²) in [5.41, 5.74) is 0. The molecule has 1 amide bonds. The van der Waals surface area contributed by atoms with E-state index in [1.165, 1.54) is 11.3 Å². The van der Waals surface area contributed by atoms with Gasteiger partial charge in [0.15, 0.2) is 0 Å². The van der Waals surface area contributed by atoms with Crippen LogP contribution in [0.15, 0.2) is 16.3 Å². The standard InChI is InChI=1S/C12H17NOS2/c1-8(2)9-3-4-13(6-9)12(14)11-5-10(15)7-16-11/h5,7-9,15H,3-4,6H2,1-2H3. The number of nitrogens with zero attached hydrogens (tertiary/aromatic N) is 1. The Balaban J connectivity index is 2.02. The van der Waals surface area contributed by atoms with Crippen LogP contribution in [0.5, 0.6) is 0 Å². The van der Waals surface area contributed by atoms with Crippen LogP contribution in [0.2, 0.25) is 0 Å². The van der Waals surface area contributed by atoms with Gasteiger partial charge in [-0.3, -0.25) is 4.79 Å². The van der Waals surface area contributed by atoms with Gasteiger partial charge in [0.2, 0.25) is 0 Å². The molecule has 1 atom stereocenters. The SMILES string of the molecule is CC(C)C1CCN(C(=O)c2cc(S)cs2)C1. The molecule has 4 heteroatoms. The number of carbonyl (C=O) groups excluding carboxylic acids is 1. The zero-order valence-electron chi connectivity index (χ0n) is 9.64. The molecule has 88 valence electrons. The van der Waals surface area contributed by atoms with Crippen LogP contribution in [-0.2, 0) is 0 Å². The molecule has 0 aromatic carbocycles. The van der Waals surface area contributed by atoms with E-state index in [-0.39, 0.29) is 5.91 Å². The summed E-state index contributed by atoms with van der Waals surface area (Å²) >= 11 is 5.72. The van der Waals surface area contributed by atoms with Crippen molar-refractivity contribution < 1.29 is 4.79 Å². The van der Waals surface area contributed by atoms with Crippen LogP contribution in [0.4, 0.5) is 0 Å². The van der Waals surface area contributed by atoms with Gasteiger partial charge < -0.3 is 4.90 Å². The minimum atomic E-state index is 0.174. The van der Waals surface area contributed by atoms with Crippen molar-refractivity contribution in [2.45, 2.75) is 25.2 Å². The molecule has 1 fully saturated rings. The summed E-state index contributed by atoms with van der Waals surface area (Å²) in [4.78, 5) is 15.8. The molecule has 1 aliphatic heterocycles. The van der Waals surface area contributed by atoms with Crippen molar-refractivity contribution >= 4 is 29.9 Å². The third-order valence-corrected chi connectivity index (χ3v) is 4.60. The lowest BCUT2D eigenvalue weighted by molar-refractivity contribution is 0.0788. The molecule has 0 bridgehead atoms. The van der Waals surface area contributed by atoms with Crippen molar-refractivity contribution in [3.63, 3.8) is 0 Å². The summed E-state index contributed by atoms with van der Waals surface area (Å²) in [6.07, 6.45) is 1.14. The third kappa shape index (κ3) is 2.43. The normalized spacial score (nSPS) is 20.8. The van der Waals surface area contributed by atoms with Gasteiger partial charge in [0, 0.05) is 23.4 Å². The van der Waals surface area contributed by atoms with Gasteiger partial charge in [-0.05, 0) is 24.3 Å². The van der Waals surface area contributed by atoms with Crippen molar-refractivity contribution in [3.8, 4) is 0 Å². The minimum absolute atomic E-state index is 0.174. The number of hydrogen-bond acceptors (Lipinski definition) is 3.